The smallest absolute Gasteiger partial charge is 0.201 e. The van der Waals surface area contributed by atoms with Crippen LogP contribution in [0.25, 0.3) is 11.0 Å². The van der Waals surface area contributed by atoms with Gasteiger partial charge in [-0.1, -0.05) is 6.07 Å². The third-order valence-corrected chi connectivity index (χ3v) is 5.96. The van der Waals surface area contributed by atoms with Crippen LogP contribution in [0.4, 0.5) is 20.3 Å². The number of carbonyl (C=O) groups is 1. The quantitative estimate of drug-likeness (QED) is 0.261. The fourth-order valence-electron chi connectivity index (χ4n) is 3.33. The number of halogens is 2. The normalized spacial score (nSPS) is 13.3. The molecule has 0 saturated heterocycles. The molecular formula is C22H18F2N6OS. The van der Waals surface area contributed by atoms with Gasteiger partial charge < -0.3 is 15.0 Å². The Morgan fingerprint density at radius 3 is 2.81 bits per heavy atom. The minimum absolute atomic E-state index is 0.0198. The van der Waals surface area contributed by atoms with E-state index >= 15 is 4.39 Å². The molecule has 0 bridgehead atoms. The SMILES string of the molecule is O=C(c1c(F)ccc(NSc2ccccn2)c1F)c1c[nH]c2ncnc(NCC3CC3)c12. The number of anilines is 2. The largest absolute Gasteiger partial charge is 0.369 e. The summed E-state index contributed by atoms with van der Waals surface area (Å²) < 4.78 is 32.7. The van der Waals surface area contributed by atoms with Gasteiger partial charge in [0.1, 0.15) is 28.6 Å². The van der Waals surface area contributed by atoms with Crippen LogP contribution >= 0.6 is 11.9 Å². The van der Waals surface area contributed by atoms with Crippen molar-refractivity contribution >= 4 is 40.3 Å². The number of pyridine rings is 1. The van der Waals surface area contributed by atoms with E-state index in [-0.39, 0.29) is 11.3 Å². The maximum Gasteiger partial charge on any atom is 0.201 e. The summed E-state index contributed by atoms with van der Waals surface area (Å²) in [6.07, 6.45) is 6.68. The van der Waals surface area contributed by atoms with Crippen LogP contribution in [0.5, 0.6) is 0 Å². The molecule has 0 radical (unpaired) electrons. The molecular weight excluding hydrogens is 434 g/mol. The number of rotatable bonds is 8. The first-order valence-corrected chi connectivity index (χ1v) is 10.9. The molecule has 3 heterocycles. The molecule has 1 fully saturated rings. The molecule has 32 heavy (non-hydrogen) atoms. The molecule has 162 valence electrons. The van der Waals surface area contributed by atoms with Gasteiger partial charge in [-0.25, -0.2) is 23.7 Å². The second-order valence-electron chi connectivity index (χ2n) is 7.46. The first kappa shape index (κ1) is 20.4. The number of carbonyl (C=O) groups excluding carboxylic acids is 1. The van der Waals surface area contributed by atoms with Crippen LogP contribution < -0.4 is 10.0 Å². The van der Waals surface area contributed by atoms with E-state index in [1.165, 1.54) is 18.6 Å². The Morgan fingerprint density at radius 2 is 2.03 bits per heavy atom. The number of aromatic nitrogens is 4. The van der Waals surface area contributed by atoms with Gasteiger partial charge in [-0.05, 0) is 43.0 Å². The highest BCUT2D eigenvalue weighted by molar-refractivity contribution is 8.00. The second kappa shape index (κ2) is 8.54. The fourth-order valence-corrected chi connectivity index (χ4v) is 3.96. The summed E-state index contributed by atoms with van der Waals surface area (Å²) >= 11 is 1.06. The number of benzene rings is 1. The summed E-state index contributed by atoms with van der Waals surface area (Å²) in [6, 6.07) is 7.61. The van der Waals surface area contributed by atoms with Crippen LogP contribution in [0.15, 0.2) is 54.1 Å². The zero-order valence-corrected chi connectivity index (χ0v) is 17.5. The molecule has 1 aromatic carbocycles. The summed E-state index contributed by atoms with van der Waals surface area (Å²) in [5.74, 6) is -1.67. The van der Waals surface area contributed by atoms with Gasteiger partial charge >= 0.3 is 0 Å². The number of aromatic amines is 1. The van der Waals surface area contributed by atoms with Crippen molar-refractivity contribution in [2.75, 3.05) is 16.6 Å². The first-order chi connectivity index (χ1) is 15.6. The van der Waals surface area contributed by atoms with E-state index in [0.717, 1.165) is 37.4 Å². The zero-order chi connectivity index (χ0) is 22.1. The van der Waals surface area contributed by atoms with Crippen molar-refractivity contribution in [3.63, 3.8) is 0 Å². The Labute approximate surface area is 186 Å². The predicted molar refractivity (Wildman–Crippen MR) is 119 cm³/mol. The summed E-state index contributed by atoms with van der Waals surface area (Å²) in [4.78, 5) is 28.7. The average Bonchev–Trinajstić information content (AvgIpc) is 3.54. The van der Waals surface area contributed by atoms with E-state index in [1.54, 1.807) is 24.4 Å². The molecule has 3 aromatic heterocycles. The highest BCUT2D eigenvalue weighted by Crippen LogP contribution is 2.32. The molecule has 1 aliphatic carbocycles. The van der Waals surface area contributed by atoms with Gasteiger partial charge in [0.2, 0.25) is 5.78 Å². The van der Waals surface area contributed by atoms with Crippen molar-refractivity contribution in [1.29, 1.82) is 0 Å². The molecule has 7 nitrogen and oxygen atoms in total. The summed E-state index contributed by atoms with van der Waals surface area (Å²) in [7, 11) is 0. The molecule has 1 saturated carbocycles. The molecule has 10 heteroatoms. The molecule has 0 unspecified atom stereocenters. The molecule has 1 aliphatic rings. The van der Waals surface area contributed by atoms with Crippen LogP contribution in [-0.2, 0) is 0 Å². The Balaban J connectivity index is 1.48. The number of nitrogens with zero attached hydrogens (tertiary/aromatic N) is 3. The van der Waals surface area contributed by atoms with Crippen molar-refractivity contribution < 1.29 is 13.6 Å². The van der Waals surface area contributed by atoms with Crippen LogP contribution in [-0.4, -0.2) is 32.3 Å². The summed E-state index contributed by atoms with van der Waals surface area (Å²) in [5, 5.41) is 4.24. The van der Waals surface area contributed by atoms with Gasteiger partial charge in [0, 0.05) is 30.9 Å². The number of hydrogen-bond acceptors (Lipinski definition) is 7. The van der Waals surface area contributed by atoms with E-state index < -0.39 is 23.0 Å². The van der Waals surface area contributed by atoms with Gasteiger partial charge in [-0.2, -0.15) is 0 Å². The summed E-state index contributed by atoms with van der Waals surface area (Å²) in [6.45, 7) is 0.720. The predicted octanol–water partition coefficient (Wildman–Crippen LogP) is 4.80. The lowest BCUT2D eigenvalue weighted by Gasteiger charge is -2.11. The topological polar surface area (TPSA) is 95.6 Å². The Bertz CT molecular complexity index is 1290. The maximum atomic E-state index is 15.2. The third-order valence-electron chi connectivity index (χ3n) is 5.19. The number of nitrogens with one attached hydrogen (secondary N) is 3. The van der Waals surface area contributed by atoms with Gasteiger partial charge in [0.15, 0.2) is 5.82 Å². The van der Waals surface area contributed by atoms with Crippen molar-refractivity contribution in [2.45, 2.75) is 17.9 Å². The first-order valence-electron chi connectivity index (χ1n) is 10.0. The van der Waals surface area contributed by atoms with Crippen LogP contribution in [0, 0.1) is 17.6 Å². The van der Waals surface area contributed by atoms with Crippen molar-refractivity contribution in [3.05, 3.63) is 71.8 Å². The van der Waals surface area contributed by atoms with E-state index in [1.807, 2.05) is 0 Å². The summed E-state index contributed by atoms with van der Waals surface area (Å²) in [5.41, 5.74) is -0.142. The minimum atomic E-state index is -0.975. The second-order valence-corrected chi connectivity index (χ2v) is 8.28. The van der Waals surface area contributed by atoms with Gasteiger partial charge in [0.25, 0.3) is 0 Å². The maximum absolute atomic E-state index is 15.2. The molecule has 3 N–H and O–H groups in total. The van der Waals surface area contributed by atoms with Gasteiger partial charge in [-0.15, -0.1) is 0 Å². The fraction of sp³-hybridized carbons (Fsp3) is 0.182. The van der Waals surface area contributed by atoms with E-state index in [9.17, 15) is 9.18 Å². The number of H-pyrrole nitrogens is 1. The monoisotopic (exact) mass is 452 g/mol. The molecule has 0 spiro atoms. The molecule has 5 rings (SSSR count). The van der Waals surface area contributed by atoms with E-state index in [2.05, 4.69) is 30.0 Å². The van der Waals surface area contributed by atoms with Gasteiger partial charge in [0.05, 0.1) is 22.2 Å². The lowest BCUT2D eigenvalue weighted by Crippen LogP contribution is -2.11. The molecule has 0 atom stereocenters. The number of hydrogen-bond donors (Lipinski definition) is 3. The number of fused-ring (bicyclic) bond motifs is 1. The van der Waals surface area contributed by atoms with Crippen LogP contribution in [0.1, 0.15) is 28.8 Å². The zero-order valence-electron chi connectivity index (χ0n) is 16.7. The Hall–Kier alpha value is -3.53. The van der Waals surface area contributed by atoms with Crippen LogP contribution in [0.2, 0.25) is 0 Å². The standard InChI is InChI=1S/C22H18F2N6OS/c23-14-6-7-15(30-32-16-3-1-2-8-25-16)19(24)18(14)20(31)13-10-27-22-17(13)21(28-11-29-22)26-9-12-4-5-12/h1-3,6-8,10-12,30H,4-5,9H2,(H2,26,27,28,29). The Kier molecular flexibility index (Phi) is 5.44. The average molecular weight is 452 g/mol. The highest BCUT2D eigenvalue weighted by atomic mass is 32.2. The van der Waals surface area contributed by atoms with Crippen molar-refractivity contribution in [2.24, 2.45) is 5.92 Å². The molecule has 0 aliphatic heterocycles. The third kappa shape index (κ3) is 4.01. The van der Waals surface area contributed by atoms with Crippen molar-refractivity contribution in [1.82, 2.24) is 19.9 Å². The van der Waals surface area contributed by atoms with Gasteiger partial charge in [-0.3, -0.25) is 4.79 Å². The van der Waals surface area contributed by atoms with Crippen LogP contribution in [0.3, 0.4) is 0 Å². The van der Waals surface area contributed by atoms with E-state index in [4.69, 9.17) is 0 Å². The minimum Gasteiger partial charge on any atom is -0.369 e. The molecule has 4 aromatic rings. The highest BCUT2D eigenvalue weighted by Gasteiger charge is 2.27. The lowest BCUT2D eigenvalue weighted by molar-refractivity contribution is 0.103. The number of ketones is 1. The lowest BCUT2D eigenvalue weighted by atomic mass is 10.0. The molecule has 0 amide bonds. The van der Waals surface area contributed by atoms with E-state index in [0.29, 0.717) is 27.8 Å². The van der Waals surface area contributed by atoms with Crippen molar-refractivity contribution in [3.8, 4) is 0 Å². The Morgan fingerprint density at radius 1 is 1.16 bits per heavy atom.